The number of ether oxygens (including phenoxy) is 1. The Balaban J connectivity index is 2.00. The summed E-state index contributed by atoms with van der Waals surface area (Å²) in [7, 11) is 0. The molecule has 24 heavy (non-hydrogen) atoms. The van der Waals surface area contributed by atoms with Gasteiger partial charge in [-0.15, -0.1) is 0 Å². The van der Waals surface area contributed by atoms with Crippen molar-refractivity contribution in [3.8, 4) is 11.5 Å². The molecule has 3 heteroatoms. The number of benzene rings is 1. The molecule has 1 heterocycles. The Bertz CT molecular complexity index is 645. The van der Waals surface area contributed by atoms with Gasteiger partial charge >= 0.3 is 0 Å². The first kappa shape index (κ1) is 17.3. The zero-order valence-corrected chi connectivity index (χ0v) is 15.3. The van der Waals surface area contributed by atoms with E-state index < -0.39 is 11.7 Å². The second kappa shape index (κ2) is 6.44. The Labute approximate surface area is 145 Å². The van der Waals surface area contributed by atoms with E-state index >= 15 is 0 Å². The summed E-state index contributed by atoms with van der Waals surface area (Å²) in [6, 6.07) is 4.00. The Hall–Kier alpha value is -1.48. The largest absolute Gasteiger partial charge is 0.508 e. The van der Waals surface area contributed by atoms with Crippen LogP contribution in [0.15, 0.2) is 23.8 Å². The van der Waals surface area contributed by atoms with Crippen LogP contribution in [-0.4, -0.2) is 21.9 Å². The van der Waals surface area contributed by atoms with E-state index in [4.69, 9.17) is 4.74 Å². The van der Waals surface area contributed by atoms with Crippen LogP contribution in [0, 0.1) is 5.92 Å². The summed E-state index contributed by atoms with van der Waals surface area (Å²) in [5.74, 6) is 1.19. The predicted octanol–water partition coefficient (Wildman–Crippen LogP) is 4.71. The van der Waals surface area contributed by atoms with Crippen LogP contribution < -0.4 is 4.74 Å². The highest BCUT2D eigenvalue weighted by Crippen LogP contribution is 2.54. The van der Waals surface area contributed by atoms with Crippen LogP contribution in [-0.2, 0) is 6.42 Å². The van der Waals surface area contributed by atoms with Crippen molar-refractivity contribution in [2.75, 3.05) is 0 Å². The number of unbranched alkanes of at least 4 members (excludes halogenated alkanes) is 2. The smallest absolute Gasteiger partial charge is 0.127 e. The molecule has 3 unspecified atom stereocenters. The molecule has 1 aromatic carbocycles. The summed E-state index contributed by atoms with van der Waals surface area (Å²) in [6.45, 7) is 8.34. The molecule has 0 saturated carbocycles. The number of fused-ring (bicyclic) bond motifs is 3. The highest BCUT2D eigenvalue weighted by Gasteiger charge is 2.49. The summed E-state index contributed by atoms with van der Waals surface area (Å²) in [5.41, 5.74) is 2.74. The molecule has 0 fully saturated rings. The summed E-state index contributed by atoms with van der Waals surface area (Å²) in [5, 5.41) is 21.3. The van der Waals surface area contributed by atoms with E-state index in [2.05, 4.69) is 19.9 Å². The molecule has 3 atom stereocenters. The summed E-state index contributed by atoms with van der Waals surface area (Å²) in [4.78, 5) is 0. The van der Waals surface area contributed by atoms with Crippen molar-refractivity contribution in [3.63, 3.8) is 0 Å². The lowest BCUT2D eigenvalue weighted by atomic mass is 9.66. The van der Waals surface area contributed by atoms with Gasteiger partial charge in [0.05, 0.1) is 6.10 Å². The summed E-state index contributed by atoms with van der Waals surface area (Å²) in [6.07, 6.45) is 6.76. The highest BCUT2D eigenvalue weighted by molar-refractivity contribution is 5.53. The van der Waals surface area contributed by atoms with Crippen LogP contribution in [0.2, 0.25) is 0 Å². The zero-order valence-electron chi connectivity index (χ0n) is 15.3. The van der Waals surface area contributed by atoms with E-state index in [9.17, 15) is 10.2 Å². The molecule has 1 aliphatic heterocycles. The Morgan fingerprint density at radius 1 is 1.25 bits per heavy atom. The minimum atomic E-state index is -0.532. The van der Waals surface area contributed by atoms with Gasteiger partial charge in [-0.1, -0.05) is 31.4 Å². The molecule has 132 valence electrons. The molecule has 0 radical (unpaired) electrons. The van der Waals surface area contributed by atoms with Gasteiger partial charge in [0, 0.05) is 17.4 Å². The summed E-state index contributed by atoms with van der Waals surface area (Å²) < 4.78 is 6.27. The van der Waals surface area contributed by atoms with E-state index in [0.717, 1.165) is 36.1 Å². The number of aliphatic hydroxyl groups is 1. The second-order valence-corrected chi connectivity index (χ2v) is 8.03. The topological polar surface area (TPSA) is 49.7 Å². The predicted molar refractivity (Wildman–Crippen MR) is 96.7 cm³/mol. The van der Waals surface area contributed by atoms with Crippen LogP contribution in [0.5, 0.6) is 11.5 Å². The van der Waals surface area contributed by atoms with E-state index in [1.165, 1.54) is 18.4 Å². The Kier molecular flexibility index (Phi) is 4.65. The molecule has 0 saturated heterocycles. The number of allylic oxidation sites excluding steroid dienone is 1. The lowest BCUT2D eigenvalue weighted by Gasteiger charge is -2.48. The number of phenolic OH excluding ortho intramolecular Hbond substituents is 1. The molecule has 3 nitrogen and oxygen atoms in total. The lowest BCUT2D eigenvalue weighted by Crippen LogP contribution is -2.51. The number of rotatable bonds is 4. The van der Waals surface area contributed by atoms with Gasteiger partial charge in [0.2, 0.25) is 0 Å². The molecule has 2 N–H and O–H groups in total. The van der Waals surface area contributed by atoms with Crippen LogP contribution in [0.3, 0.4) is 0 Å². The monoisotopic (exact) mass is 330 g/mol. The molecule has 0 bridgehead atoms. The van der Waals surface area contributed by atoms with Gasteiger partial charge in [0.15, 0.2) is 0 Å². The van der Waals surface area contributed by atoms with E-state index in [-0.39, 0.29) is 11.8 Å². The van der Waals surface area contributed by atoms with E-state index in [0.29, 0.717) is 5.75 Å². The van der Waals surface area contributed by atoms with Crippen molar-refractivity contribution in [1.82, 2.24) is 0 Å². The molecule has 1 aliphatic carbocycles. The minimum Gasteiger partial charge on any atom is -0.508 e. The second-order valence-electron chi connectivity index (χ2n) is 8.03. The maximum Gasteiger partial charge on any atom is 0.127 e. The third-order valence-corrected chi connectivity index (χ3v) is 5.59. The van der Waals surface area contributed by atoms with Gasteiger partial charge in [0.1, 0.15) is 17.1 Å². The average Bonchev–Trinajstić information content (AvgIpc) is 2.44. The maximum absolute atomic E-state index is 10.7. The number of phenols is 1. The molecule has 0 amide bonds. The lowest BCUT2D eigenvalue weighted by molar-refractivity contribution is -0.0457. The quantitative estimate of drug-likeness (QED) is 0.621. The third kappa shape index (κ3) is 3.06. The summed E-state index contributed by atoms with van der Waals surface area (Å²) >= 11 is 0. The minimum absolute atomic E-state index is 0.0365. The van der Waals surface area contributed by atoms with E-state index in [1.807, 2.05) is 26.0 Å². The number of hydrogen-bond donors (Lipinski definition) is 2. The molecular formula is C21H30O3. The van der Waals surface area contributed by atoms with Crippen molar-refractivity contribution >= 4 is 0 Å². The average molecular weight is 330 g/mol. The van der Waals surface area contributed by atoms with Gasteiger partial charge < -0.3 is 14.9 Å². The fourth-order valence-electron chi connectivity index (χ4n) is 4.55. The van der Waals surface area contributed by atoms with Crippen molar-refractivity contribution in [2.45, 2.75) is 77.4 Å². The van der Waals surface area contributed by atoms with Crippen molar-refractivity contribution in [2.24, 2.45) is 5.92 Å². The maximum atomic E-state index is 10.7. The van der Waals surface area contributed by atoms with Crippen LogP contribution in [0.25, 0.3) is 0 Å². The van der Waals surface area contributed by atoms with E-state index in [1.54, 1.807) is 0 Å². The van der Waals surface area contributed by atoms with Crippen molar-refractivity contribution in [3.05, 3.63) is 34.9 Å². The van der Waals surface area contributed by atoms with Gasteiger partial charge in [-0.05, 0) is 57.7 Å². The fourth-order valence-corrected chi connectivity index (χ4v) is 4.55. The first-order valence-electron chi connectivity index (χ1n) is 9.23. The Morgan fingerprint density at radius 3 is 2.71 bits per heavy atom. The number of aromatic hydroxyl groups is 1. The molecule has 3 rings (SSSR count). The molecule has 1 aromatic rings. The fraction of sp³-hybridized carbons (Fsp3) is 0.619. The first-order valence-corrected chi connectivity index (χ1v) is 9.23. The Morgan fingerprint density at radius 2 is 2.00 bits per heavy atom. The number of hydrogen-bond acceptors (Lipinski definition) is 3. The van der Waals surface area contributed by atoms with Crippen LogP contribution >= 0.6 is 0 Å². The zero-order chi connectivity index (χ0) is 17.5. The highest BCUT2D eigenvalue weighted by atomic mass is 16.5. The number of aryl methyl sites for hydroxylation is 1. The SMILES string of the molecule is CCCCCc1cc(O)c2c(c1)OC(C)(C)C1C(O)C=C(C)CC21. The number of aliphatic hydroxyl groups excluding tert-OH is 1. The third-order valence-electron chi connectivity index (χ3n) is 5.59. The van der Waals surface area contributed by atoms with Gasteiger partial charge in [-0.2, -0.15) is 0 Å². The van der Waals surface area contributed by atoms with Gasteiger partial charge in [-0.3, -0.25) is 0 Å². The molecule has 2 aliphatic rings. The normalized spacial score (nSPS) is 27.7. The van der Waals surface area contributed by atoms with Crippen LogP contribution in [0.4, 0.5) is 0 Å². The first-order chi connectivity index (χ1) is 11.3. The van der Waals surface area contributed by atoms with Gasteiger partial charge in [0.25, 0.3) is 0 Å². The molecular weight excluding hydrogens is 300 g/mol. The van der Waals surface area contributed by atoms with Crippen molar-refractivity contribution < 1.29 is 14.9 Å². The molecule has 0 aromatic heterocycles. The van der Waals surface area contributed by atoms with Crippen molar-refractivity contribution in [1.29, 1.82) is 0 Å². The van der Waals surface area contributed by atoms with Crippen LogP contribution in [0.1, 0.15) is 70.4 Å². The molecule has 0 spiro atoms. The van der Waals surface area contributed by atoms with Gasteiger partial charge in [-0.25, -0.2) is 0 Å². The standard InChI is InChI=1S/C21H30O3/c1-5-6-7-8-14-11-16(22)19-15-9-13(2)10-17(23)20(15)21(3,4)24-18(19)12-14/h10-12,15,17,20,22-23H,5-9H2,1-4H3.